The number of ether oxygens (including phenoxy) is 1. The molecule has 3 rings (SSSR count). The minimum Gasteiger partial charge on any atom is -0.494 e. The van der Waals surface area contributed by atoms with E-state index in [-0.39, 0.29) is 5.75 Å². The zero-order chi connectivity index (χ0) is 21.9. The molecule has 0 saturated carbocycles. The molecule has 0 aromatic heterocycles. The summed E-state index contributed by atoms with van der Waals surface area (Å²) in [4.78, 5) is 14.5. The number of benzene rings is 2. The first-order valence-corrected chi connectivity index (χ1v) is 12.8. The standard InChI is InChI=1S/C24H32N2O4S/c27-24(20-31(28,29)19-21-9-3-1-4-10-21)25-13-8-16-30-23-12-7-11-22(17-23)18-26-14-5-2-6-15-26/h1,3-4,7,9-12,17H,2,5-6,8,13-16,18-20H2,(H,25,27). The number of rotatable bonds is 11. The van der Waals surface area contributed by atoms with E-state index in [1.165, 1.54) is 24.8 Å². The van der Waals surface area contributed by atoms with Crippen LogP contribution in [-0.4, -0.2) is 51.2 Å². The van der Waals surface area contributed by atoms with Crippen LogP contribution in [0.3, 0.4) is 0 Å². The lowest BCUT2D eigenvalue weighted by Gasteiger charge is -2.26. The van der Waals surface area contributed by atoms with Crippen LogP contribution in [0.1, 0.15) is 36.8 Å². The molecule has 2 aromatic rings. The van der Waals surface area contributed by atoms with Gasteiger partial charge in [-0.25, -0.2) is 8.42 Å². The molecule has 1 fully saturated rings. The number of likely N-dealkylation sites (tertiary alicyclic amines) is 1. The van der Waals surface area contributed by atoms with Crippen molar-refractivity contribution in [2.45, 2.75) is 38.0 Å². The maximum absolute atomic E-state index is 12.2. The Bertz CT molecular complexity index is 926. The van der Waals surface area contributed by atoms with E-state index in [1.54, 1.807) is 24.3 Å². The zero-order valence-electron chi connectivity index (χ0n) is 18.0. The lowest BCUT2D eigenvalue weighted by atomic mass is 10.1. The van der Waals surface area contributed by atoms with Gasteiger partial charge < -0.3 is 10.1 Å². The molecule has 0 atom stereocenters. The number of hydrogen-bond acceptors (Lipinski definition) is 5. The van der Waals surface area contributed by atoms with E-state index in [4.69, 9.17) is 4.74 Å². The second-order valence-corrected chi connectivity index (χ2v) is 10.1. The Morgan fingerprint density at radius 3 is 2.48 bits per heavy atom. The maximum Gasteiger partial charge on any atom is 0.235 e. The third-order valence-corrected chi connectivity index (χ3v) is 6.72. The summed E-state index contributed by atoms with van der Waals surface area (Å²) < 4.78 is 30.1. The Hall–Kier alpha value is -2.38. The first-order valence-electron chi connectivity index (χ1n) is 11.0. The number of sulfone groups is 1. The molecule has 2 aromatic carbocycles. The Labute approximate surface area is 185 Å². The molecular weight excluding hydrogens is 412 g/mol. The average Bonchev–Trinajstić information content (AvgIpc) is 2.74. The van der Waals surface area contributed by atoms with Crippen LogP contribution < -0.4 is 10.1 Å². The van der Waals surface area contributed by atoms with Crippen LogP contribution in [0.4, 0.5) is 0 Å². The lowest BCUT2D eigenvalue weighted by molar-refractivity contribution is -0.118. The van der Waals surface area contributed by atoms with Gasteiger partial charge >= 0.3 is 0 Å². The molecule has 6 nitrogen and oxygen atoms in total. The fraction of sp³-hybridized carbons (Fsp3) is 0.458. The van der Waals surface area contributed by atoms with Gasteiger partial charge in [-0.15, -0.1) is 0 Å². The first kappa shape index (κ1) is 23.3. The topological polar surface area (TPSA) is 75.7 Å². The van der Waals surface area contributed by atoms with Gasteiger partial charge in [0.25, 0.3) is 0 Å². The number of carbonyl (C=O) groups excluding carboxylic acids is 1. The summed E-state index contributed by atoms with van der Waals surface area (Å²) in [6.45, 7) is 4.11. The second-order valence-electron chi connectivity index (χ2n) is 8.05. The minimum absolute atomic E-state index is 0.127. The van der Waals surface area contributed by atoms with Crippen LogP contribution in [0.2, 0.25) is 0 Å². The molecule has 0 radical (unpaired) electrons. The summed E-state index contributed by atoms with van der Waals surface area (Å²) in [6, 6.07) is 17.0. The van der Waals surface area contributed by atoms with Gasteiger partial charge in [0.1, 0.15) is 11.5 Å². The normalized spacial score (nSPS) is 14.8. The van der Waals surface area contributed by atoms with Crippen LogP contribution in [0.15, 0.2) is 54.6 Å². The van der Waals surface area contributed by atoms with E-state index < -0.39 is 21.5 Å². The molecule has 1 N–H and O–H groups in total. The molecule has 0 bridgehead atoms. The highest BCUT2D eigenvalue weighted by molar-refractivity contribution is 7.91. The molecule has 7 heteroatoms. The third kappa shape index (κ3) is 8.71. The van der Waals surface area contributed by atoms with E-state index in [0.29, 0.717) is 25.1 Å². The second kappa shape index (κ2) is 11.9. The van der Waals surface area contributed by atoms with Gasteiger partial charge in [-0.05, 0) is 55.6 Å². The third-order valence-electron chi connectivity index (χ3n) is 5.25. The minimum atomic E-state index is -3.48. The summed E-state index contributed by atoms with van der Waals surface area (Å²) in [5.41, 5.74) is 1.93. The van der Waals surface area contributed by atoms with E-state index >= 15 is 0 Å². The van der Waals surface area contributed by atoms with Crippen molar-refractivity contribution in [1.29, 1.82) is 0 Å². The number of hydrogen-bond donors (Lipinski definition) is 1. The number of carbonyl (C=O) groups is 1. The predicted molar refractivity (Wildman–Crippen MR) is 123 cm³/mol. The highest BCUT2D eigenvalue weighted by Crippen LogP contribution is 2.17. The van der Waals surface area contributed by atoms with E-state index in [0.717, 1.165) is 25.4 Å². The maximum atomic E-state index is 12.2. The highest BCUT2D eigenvalue weighted by Gasteiger charge is 2.17. The van der Waals surface area contributed by atoms with Crippen molar-refractivity contribution in [3.05, 3.63) is 65.7 Å². The summed E-state index contributed by atoms with van der Waals surface area (Å²) in [5, 5.41) is 2.67. The van der Waals surface area contributed by atoms with Crippen molar-refractivity contribution in [2.24, 2.45) is 0 Å². The van der Waals surface area contributed by atoms with Crippen molar-refractivity contribution in [3.8, 4) is 5.75 Å². The first-order chi connectivity index (χ1) is 15.0. The monoisotopic (exact) mass is 444 g/mol. The Balaban J connectivity index is 1.33. The molecule has 168 valence electrons. The lowest BCUT2D eigenvalue weighted by Crippen LogP contribution is -2.32. The number of nitrogens with one attached hydrogen (secondary N) is 1. The highest BCUT2D eigenvalue weighted by atomic mass is 32.2. The van der Waals surface area contributed by atoms with Gasteiger partial charge in [0.05, 0.1) is 12.4 Å². The summed E-state index contributed by atoms with van der Waals surface area (Å²) in [5.74, 6) is -0.273. The van der Waals surface area contributed by atoms with Gasteiger partial charge in [-0.2, -0.15) is 0 Å². The Morgan fingerprint density at radius 2 is 1.71 bits per heavy atom. The van der Waals surface area contributed by atoms with Crippen molar-refractivity contribution in [2.75, 3.05) is 32.0 Å². The summed E-state index contributed by atoms with van der Waals surface area (Å²) in [7, 11) is -3.48. The molecule has 0 spiro atoms. The Morgan fingerprint density at radius 1 is 0.968 bits per heavy atom. The Kier molecular flexibility index (Phi) is 8.91. The SMILES string of the molecule is O=C(CS(=O)(=O)Cc1ccccc1)NCCCOc1cccc(CN2CCCCC2)c1. The van der Waals surface area contributed by atoms with Gasteiger partial charge in [-0.3, -0.25) is 9.69 Å². The van der Waals surface area contributed by atoms with E-state index in [1.807, 2.05) is 18.2 Å². The number of amides is 1. The van der Waals surface area contributed by atoms with Crippen molar-refractivity contribution >= 4 is 15.7 Å². The van der Waals surface area contributed by atoms with Gasteiger partial charge in [-0.1, -0.05) is 48.9 Å². The molecule has 31 heavy (non-hydrogen) atoms. The fourth-order valence-electron chi connectivity index (χ4n) is 3.73. The van der Waals surface area contributed by atoms with Crippen LogP contribution >= 0.6 is 0 Å². The quantitative estimate of drug-likeness (QED) is 0.539. The summed E-state index contributed by atoms with van der Waals surface area (Å²) >= 11 is 0. The molecule has 1 amide bonds. The van der Waals surface area contributed by atoms with Crippen molar-refractivity contribution < 1.29 is 17.9 Å². The van der Waals surface area contributed by atoms with Gasteiger partial charge in [0.15, 0.2) is 9.84 Å². The van der Waals surface area contributed by atoms with Crippen molar-refractivity contribution in [3.63, 3.8) is 0 Å². The number of piperidine rings is 1. The molecule has 0 unspecified atom stereocenters. The molecule has 1 aliphatic rings. The molecule has 0 aliphatic carbocycles. The van der Waals surface area contributed by atoms with Crippen LogP contribution in [0, 0.1) is 0 Å². The zero-order valence-corrected chi connectivity index (χ0v) is 18.8. The van der Waals surface area contributed by atoms with E-state index in [2.05, 4.69) is 22.3 Å². The van der Waals surface area contributed by atoms with E-state index in [9.17, 15) is 13.2 Å². The molecule has 1 saturated heterocycles. The number of nitrogens with zero attached hydrogens (tertiary/aromatic N) is 1. The smallest absolute Gasteiger partial charge is 0.235 e. The van der Waals surface area contributed by atoms with Gasteiger partial charge in [0, 0.05) is 13.1 Å². The largest absolute Gasteiger partial charge is 0.494 e. The van der Waals surface area contributed by atoms with Crippen molar-refractivity contribution in [1.82, 2.24) is 10.2 Å². The van der Waals surface area contributed by atoms with Crippen LogP contribution in [0.25, 0.3) is 0 Å². The van der Waals surface area contributed by atoms with Crippen LogP contribution in [0.5, 0.6) is 5.75 Å². The predicted octanol–water partition coefficient (Wildman–Crippen LogP) is 3.17. The van der Waals surface area contributed by atoms with Gasteiger partial charge in [0.2, 0.25) is 5.91 Å². The average molecular weight is 445 g/mol. The molecule has 1 heterocycles. The van der Waals surface area contributed by atoms with Crippen LogP contribution in [-0.2, 0) is 26.9 Å². The molecular formula is C24H32N2O4S. The summed E-state index contributed by atoms with van der Waals surface area (Å²) in [6.07, 6.45) is 4.49. The fourth-order valence-corrected chi connectivity index (χ4v) is 5.03. The molecule has 1 aliphatic heterocycles.